The van der Waals surface area contributed by atoms with Crippen molar-refractivity contribution in [3.63, 3.8) is 0 Å². The molecule has 0 heterocycles. The fourth-order valence-corrected chi connectivity index (χ4v) is 2.76. The molecule has 0 bridgehead atoms. The highest BCUT2D eigenvalue weighted by molar-refractivity contribution is 8.00. The van der Waals surface area contributed by atoms with Crippen LogP contribution >= 0.6 is 11.8 Å². The Kier molecular flexibility index (Phi) is 4.32. The standard InChI is InChI=1S/C9H18O2SSi/c1-9(4-2-3-5-9)11-8(10)6-12-7-13/h2-7H2,1,13H3. The Hall–Kier alpha value is 0.0369. The second kappa shape index (κ2) is 5.05. The lowest BCUT2D eigenvalue weighted by Gasteiger charge is -2.23. The minimum Gasteiger partial charge on any atom is -0.459 e. The van der Waals surface area contributed by atoms with Crippen molar-refractivity contribution in [1.29, 1.82) is 0 Å². The van der Waals surface area contributed by atoms with Gasteiger partial charge in [-0.2, -0.15) is 11.8 Å². The fraction of sp³-hybridized carbons (Fsp3) is 0.889. The minimum atomic E-state index is -0.136. The molecule has 13 heavy (non-hydrogen) atoms. The van der Waals surface area contributed by atoms with Crippen LogP contribution in [0.25, 0.3) is 0 Å². The van der Waals surface area contributed by atoms with Crippen LogP contribution in [-0.2, 0) is 9.53 Å². The zero-order valence-electron chi connectivity index (χ0n) is 8.47. The van der Waals surface area contributed by atoms with E-state index in [-0.39, 0.29) is 11.6 Å². The lowest BCUT2D eigenvalue weighted by Crippen LogP contribution is -2.29. The van der Waals surface area contributed by atoms with Crippen molar-refractivity contribution in [2.45, 2.75) is 38.2 Å². The highest BCUT2D eigenvalue weighted by Crippen LogP contribution is 2.32. The molecular weight excluding hydrogens is 200 g/mol. The third kappa shape index (κ3) is 3.73. The number of esters is 1. The van der Waals surface area contributed by atoms with Crippen molar-refractivity contribution in [2.24, 2.45) is 0 Å². The first kappa shape index (κ1) is 11.1. The first-order valence-electron chi connectivity index (χ1n) is 4.96. The molecule has 4 heteroatoms. The summed E-state index contributed by atoms with van der Waals surface area (Å²) < 4.78 is 5.46. The molecular formula is C9H18O2SSi. The maximum absolute atomic E-state index is 11.3. The van der Waals surface area contributed by atoms with E-state index in [1.807, 2.05) is 0 Å². The summed E-state index contributed by atoms with van der Waals surface area (Å²) in [5.74, 6) is 0.518. The summed E-state index contributed by atoms with van der Waals surface area (Å²) >= 11 is 1.69. The number of carbonyl (C=O) groups excluding carboxylic acids is 1. The molecule has 0 aromatic heterocycles. The van der Waals surface area contributed by atoms with E-state index in [2.05, 4.69) is 6.92 Å². The topological polar surface area (TPSA) is 26.3 Å². The molecule has 0 spiro atoms. The van der Waals surface area contributed by atoms with Gasteiger partial charge < -0.3 is 4.74 Å². The first-order chi connectivity index (χ1) is 6.16. The number of carbonyl (C=O) groups is 1. The van der Waals surface area contributed by atoms with Gasteiger partial charge in [-0.1, -0.05) is 0 Å². The number of hydrogen-bond donors (Lipinski definition) is 0. The van der Waals surface area contributed by atoms with Gasteiger partial charge in [0.15, 0.2) is 0 Å². The van der Waals surface area contributed by atoms with Gasteiger partial charge in [0.05, 0.1) is 5.75 Å². The molecule has 0 aromatic rings. The first-order valence-corrected chi connectivity index (χ1v) is 7.53. The number of ether oxygens (including phenoxy) is 1. The molecule has 0 unspecified atom stereocenters. The Morgan fingerprint density at radius 2 is 2.15 bits per heavy atom. The zero-order valence-corrected chi connectivity index (χ0v) is 11.3. The predicted molar refractivity (Wildman–Crippen MR) is 60.2 cm³/mol. The zero-order chi connectivity index (χ0) is 9.73. The smallest absolute Gasteiger partial charge is 0.316 e. The average molecular weight is 218 g/mol. The van der Waals surface area contributed by atoms with Crippen LogP contribution in [0.2, 0.25) is 0 Å². The molecule has 0 atom stereocenters. The summed E-state index contributed by atoms with van der Waals surface area (Å²) in [6.45, 7) is 2.06. The number of rotatable bonds is 4. The quantitative estimate of drug-likeness (QED) is 0.518. The lowest BCUT2D eigenvalue weighted by atomic mass is 10.1. The van der Waals surface area contributed by atoms with Gasteiger partial charge in [-0.25, -0.2) is 0 Å². The number of hydrogen-bond acceptors (Lipinski definition) is 3. The minimum absolute atomic E-state index is 0.0229. The van der Waals surface area contributed by atoms with Gasteiger partial charge in [0.25, 0.3) is 0 Å². The molecule has 0 saturated heterocycles. The fourth-order valence-electron chi connectivity index (χ4n) is 1.71. The van der Waals surface area contributed by atoms with Crippen LogP contribution in [0.3, 0.4) is 0 Å². The van der Waals surface area contributed by atoms with Crippen molar-refractivity contribution >= 4 is 28.0 Å². The lowest BCUT2D eigenvalue weighted by molar-refractivity contribution is -0.153. The van der Waals surface area contributed by atoms with Gasteiger partial charge in [-0.15, -0.1) is 0 Å². The molecule has 1 saturated carbocycles. The van der Waals surface area contributed by atoms with Crippen LogP contribution in [-0.4, -0.2) is 32.9 Å². The van der Waals surface area contributed by atoms with E-state index < -0.39 is 0 Å². The monoisotopic (exact) mass is 218 g/mol. The normalized spacial score (nSPS) is 20.4. The molecule has 1 aliphatic rings. The van der Waals surface area contributed by atoms with E-state index in [0.29, 0.717) is 5.75 Å². The third-order valence-electron chi connectivity index (χ3n) is 2.45. The van der Waals surface area contributed by atoms with Crippen LogP contribution in [0.1, 0.15) is 32.6 Å². The van der Waals surface area contributed by atoms with E-state index in [1.54, 1.807) is 11.8 Å². The number of thioether (sulfide) groups is 1. The molecule has 1 rings (SSSR count). The Morgan fingerprint density at radius 3 is 2.69 bits per heavy atom. The summed E-state index contributed by atoms with van der Waals surface area (Å²) in [4.78, 5) is 11.3. The Labute approximate surface area is 87.2 Å². The van der Waals surface area contributed by atoms with Gasteiger partial charge in [0.1, 0.15) is 5.60 Å². The highest BCUT2D eigenvalue weighted by Gasteiger charge is 2.32. The van der Waals surface area contributed by atoms with Crippen molar-refractivity contribution < 1.29 is 9.53 Å². The van der Waals surface area contributed by atoms with Crippen molar-refractivity contribution in [2.75, 3.05) is 11.1 Å². The second-order valence-electron chi connectivity index (χ2n) is 3.77. The molecule has 76 valence electrons. The van der Waals surface area contributed by atoms with Crippen LogP contribution in [0.15, 0.2) is 0 Å². The Bertz CT molecular complexity index is 178. The predicted octanol–water partition coefficient (Wildman–Crippen LogP) is 0.918. The van der Waals surface area contributed by atoms with Gasteiger partial charge in [-0.05, 0) is 38.0 Å². The van der Waals surface area contributed by atoms with E-state index in [4.69, 9.17) is 4.74 Å². The van der Waals surface area contributed by atoms with E-state index >= 15 is 0 Å². The molecule has 2 nitrogen and oxygen atoms in total. The Balaban J connectivity index is 2.26. The molecule has 0 radical (unpaired) electrons. The summed E-state index contributed by atoms with van der Waals surface area (Å²) in [6.07, 6.45) is 4.50. The SMILES string of the molecule is CC1(OC(=O)CSC[SiH3])CCCC1. The van der Waals surface area contributed by atoms with Gasteiger partial charge >= 0.3 is 5.97 Å². The van der Waals surface area contributed by atoms with Crippen LogP contribution in [0.5, 0.6) is 0 Å². The second-order valence-corrected chi connectivity index (χ2v) is 6.77. The summed E-state index contributed by atoms with van der Waals surface area (Å²) in [6, 6.07) is 0. The van der Waals surface area contributed by atoms with E-state index in [1.165, 1.54) is 12.8 Å². The Morgan fingerprint density at radius 1 is 1.54 bits per heavy atom. The van der Waals surface area contributed by atoms with E-state index in [0.717, 1.165) is 28.5 Å². The highest BCUT2D eigenvalue weighted by atomic mass is 32.2. The van der Waals surface area contributed by atoms with Crippen molar-refractivity contribution in [3.05, 3.63) is 0 Å². The van der Waals surface area contributed by atoms with Crippen LogP contribution in [0.4, 0.5) is 0 Å². The van der Waals surface area contributed by atoms with Crippen LogP contribution in [0, 0.1) is 0 Å². The van der Waals surface area contributed by atoms with Crippen LogP contribution < -0.4 is 0 Å². The van der Waals surface area contributed by atoms with Gasteiger partial charge in [-0.3, -0.25) is 4.79 Å². The summed E-state index contributed by atoms with van der Waals surface area (Å²) in [5.41, 5.74) is -0.136. The van der Waals surface area contributed by atoms with Crippen molar-refractivity contribution in [1.82, 2.24) is 0 Å². The molecule has 1 aliphatic carbocycles. The van der Waals surface area contributed by atoms with Gasteiger partial charge in [0, 0.05) is 10.2 Å². The third-order valence-corrected chi connectivity index (χ3v) is 4.52. The van der Waals surface area contributed by atoms with Gasteiger partial charge in [0.2, 0.25) is 0 Å². The molecule has 1 fully saturated rings. The molecule has 0 N–H and O–H groups in total. The molecule has 0 aromatic carbocycles. The summed E-state index contributed by atoms with van der Waals surface area (Å²) in [5, 5.41) is 1.12. The largest absolute Gasteiger partial charge is 0.459 e. The summed E-state index contributed by atoms with van der Waals surface area (Å²) in [7, 11) is 1.16. The van der Waals surface area contributed by atoms with Crippen molar-refractivity contribution in [3.8, 4) is 0 Å². The van der Waals surface area contributed by atoms with E-state index in [9.17, 15) is 4.79 Å². The molecule has 0 aliphatic heterocycles. The molecule has 0 amide bonds. The maximum Gasteiger partial charge on any atom is 0.316 e. The maximum atomic E-state index is 11.3. The average Bonchev–Trinajstić information content (AvgIpc) is 2.48.